The molecule has 3 N–H and O–H groups in total. The van der Waals surface area contributed by atoms with Crippen LogP contribution in [0.15, 0.2) is 11.6 Å². The van der Waals surface area contributed by atoms with Crippen molar-refractivity contribution in [1.29, 1.82) is 0 Å². The lowest BCUT2D eigenvalue weighted by Gasteiger charge is -1.95. The Morgan fingerprint density at radius 2 is 2.40 bits per heavy atom. The van der Waals surface area contributed by atoms with Gasteiger partial charge >= 0.3 is 5.97 Å². The minimum Gasteiger partial charge on any atom is -0.478 e. The number of nitrogens with two attached hydrogens (primary N) is 1. The minimum absolute atomic E-state index is 0.148. The van der Waals surface area contributed by atoms with E-state index in [0.717, 1.165) is 0 Å². The fourth-order valence-corrected chi connectivity index (χ4v) is 0.532. The van der Waals surface area contributed by atoms with E-state index < -0.39 is 5.97 Å². The topological polar surface area (TPSA) is 72.5 Å². The normalized spacial score (nSPS) is 11.6. The standard InChI is InChI=1S/C6H11NO3/c1-2-5(6(8)9)3-4-10-7/h3H,2,4,7H2,1H3,(H,8,9)/b5-3-. The van der Waals surface area contributed by atoms with Crippen LogP contribution >= 0.6 is 0 Å². The lowest BCUT2D eigenvalue weighted by molar-refractivity contribution is -0.132. The molecule has 0 spiro atoms. The molecule has 0 saturated heterocycles. The molecule has 0 rings (SSSR count). The van der Waals surface area contributed by atoms with Gasteiger partial charge in [0, 0.05) is 5.57 Å². The first-order chi connectivity index (χ1) is 4.72. The van der Waals surface area contributed by atoms with E-state index in [1.54, 1.807) is 6.92 Å². The van der Waals surface area contributed by atoms with Crippen LogP contribution in [0.2, 0.25) is 0 Å². The molecule has 0 heterocycles. The second kappa shape index (κ2) is 4.96. The maximum Gasteiger partial charge on any atom is 0.331 e. The van der Waals surface area contributed by atoms with Gasteiger partial charge in [-0.2, -0.15) is 0 Å². The number of carbonyl (C=O) groups is 1. The van der Waals surface area contributed by atoms with Gasteiger partial charge in [0.05, 0.1) is 6.61 Å². The van der Waals surface area contributed by atoms with Crippen LogP contribution in [0, 0.1) is 0 Å². The SMILES string of the molecule is CC/C(=C/CON)C(=O)O. The largest absolute Gasteiger partial charge is 0.478 e. The Labute approximate surface area is 59.2 Å². The van der Waals surface area contributed by atoms with Crippen molar-refractivity contribution in [2.45, 2.75) is 13.3 Å². The fourth-order valence-electron chi connectivity index (χ4n) is 0.532. The highest BCUT2D eigenvalue weighted by molar-refractivity contribution is 5.86. The lowest BCUT2D eigenvalue weighted by Crippen LogP contribution is -2.03. The zero-order valence-electron chi connectivity index (χ0n) is 5.83. The van der Waals surface area contributed by atoms with Gasteiger partial charge in [-0.25, -0.2) is 10.7 Å². The summed E-state index contributed by atoms with van der Waals surface area (Å²) in [6.07, 6.45) is 1.93. The monoisotopic (exact) mass is 145 g/mol. The van der Waals surface area contributed by atoms with Gasteiger partial charge < -0.3 is 9.94 Å². The first kappa shape index (κ1) is 9.13. The third kappa shape index (κ3) is 3.21. The van der Waals surface area contributed by atoms with E-state index >= 15 is 0 Å². The van der Waals surface area contributed by atoms with Crippen LogP contribution in [0.3, 0.4) is 0 Å². The van der Waals surface area contributed by atoms with Gasteiger partial charge in [0.25, 0.3) is 0 Å². The molecular formula is C6H11NO3. The second-order valence-corrected chi connectivity index (χ2v) is 1.72. The average molecular weight is 145 g/mol. The highest BCUT2D eigenvalue weighted by atomic mass is 16.6. The van der Waals surface area contributed by atoms with E-state index in [1.807, 2.05) is 0 Å². The molecule has 0 aromatic carbocycles. The van der Waals surface area contributed by atoms with Gasteiger partial charge in [0.2, 0.25) is 0 Å². The van der Waals surface area contributed by atoms with Crippen LogP contribution in [0.25, 0.3) is 0 Å². The van der Waals surface area contributed by atoms with Crippen molar-refractivity contribution in [2.24, 2.45) is 5.90 Å². The van der Waals surface area contributed by atoms with Gasteiger partial charge in [-0.05, 0) is 12.5 Å². The maximum absolute atomic E-state index is 10.3. The molecule has 0 aromatic heterocycles. The summed E-state index contributed by atoms with van der Waals surface area (Å²) in [5.74, 6) is 3.78. The summed E-state index contributed by atoms with van der Waals surface area (Å²) in [5.41, 5.74) is 0.324. The van der Waals surface area contributed by atoms with E-state index in [4.69, 9.17) is 11.0 Å². The summed E-state index contributed by atoms with van der Waals surface area (Å²) in [6.45, 7) is 1.91. The van der Waals surface area contributed by atoms with Crippen LogP contribution in [0.4, 0.5) is 0 Å². The Hall–Kier alpha value is -0.870. The van der Waals surface area contributed by atoms with Crippen LogP contribution in [-0.2, 0) is 9.63 Å². The molecule has 4 heteroatoms. The number of hydrogen-bond acceptors (Lipinski definition) is 3. The second-order valence-electron chi connectivity index (χ2n) is 1.72. The lowest BCUT2D eigenvalue weighted by atomic mass is 10.2. The first-order valence-electron chi connectivity index (χ1n) is 2.96. The van der Waals surface area contributed by atoms with Crippen molar-refractivity contribution in [1.82, 2.24) is 0 Å². The summed E-state index contributed by atoms with van der Waals surface area (Å²) in [5, 5.41) is 8.44. The van der Waals surface area contributed by atoms with E-state index in [9.17, 15) is 4.79 Å². The molecule has 0 aliphatic heterocycles. The summed E-state index contributed by atoms with van der Waals surface area (Å²) in [7, 11) is 0. The van der Waals surface area contributed by atoms with Crippen LogP contribution in [0.1, 0.15) is 13.3 Å². The molecule has 0 aliphatic rings. The van der Waals surface area contributed by atoms with Crippen LogP contribution in [0.5, 0.6) is 0 Å². The van der Waals surface area contributed by atoms with Gasteiger partial charge in [0.15, 0.2) is 0 Å². The maximum atomic E-state index is 10.3. The van der Waals surface area contributed by atoms with Crippen molar-refractivity contribution in [3.05, 3.63) is 11.6 Å². The predicted molar refractivity (Wildman–Crippen MR) is 36.1 cm³/mol. The number of carboxylic acids is 1. The number of hydrogen-bond donors (Lipinski definition) is 2. The summed E-state index contributed by atoms with van der Waals surface area (Å²) in [4.78, 5) is 14.5. The Balaban J connectivity index is 3.91. The molecule has 0 radical (unpaired) electrons. The molecule has 10 heavy (non-hydrogen) atoms. The van der Waals surface area contributed by atoms with E-state index in [1.165, 1.54) is 6.08 Å². The van der Waals surface area contributed by atoms with Crippen molar-refractivity contribution >= 4 is 5.97 Å². The summed E-state index contributed by atoms with van der Waals surface area (Å²) >= 11 is 0. The smallest absolute Gasteiger partial charge is 0.331 e. The molecule has 0 atom stereocenters. The molecule has 0 fully saturated rings. The Morgan fingerprint density at radius 1 is 1.80 bits per heavy atom. The first-order valence-corrected chi connectivity index (χ1v) is 2.96. The Bertz CT molecular complexity index is 142. The van der Waals surface area contributed by atoms with E-state index in [-0.39, 0.29) is 6.61 Å². The number of aliphatic carboxylic acids is 1. The summed E-state index contributed by atoms with van der Waals surface area (Å²) in [6, 6.07) is 0. The average Bonchev–Trinajstić information content (AvgIpc) is 1.89. The predicted octanol–water partition coefficient (Wildman–Crippen LogP) is 0.298. The van der Waals surface area contributed by atoms with Gasteiger partial charge in [-0.15, -0.1) is 0 Å². The molecule has 0 saturated carbocycles. The quantitative estimate of drug-likeness (QED) is 0.440. The highest BCUT2D eigenvalue weighted by Crippen LogP contribution is 1.98. The van der Waals surface area contributed by atoms with Crippen LogP contribution in [-0.4, -0.2) is 17.7 Å². The van der Waals surface area contributed by atoms with Crippen molar-refractivity contribution in [3.8, 4) is 0 Å². The molecular weight excluding hydrogens is 134 g/mol. The third-order valence-electron chi connectivity index (χ3n) is 1.08. The fraction of sp³-hybridized carbons (Fsp3) is 0.500. The zero-order chi connectivity index (χ0) is 7.98. The molecule has 0 amide bonds. The van der Waals surface area contributed by atoms with Crippen molar-refractivity contribution in [3.63, 3.8) is 0 Å². The molecule has 58 valence electrons. The molecule has 0 aromatic rings. The Kier molecular flexibility index (Phi) is 4.53. The van der Waals surface area contributed by atoms with Gasteiger partial charge in [0.1, 0.15) is 0 Å². The van der Waals surface area contributed by atoms with Gasteiger partial charge in [-0.3, -0.25) is 0 Å². The number of rotatable bonds is 4. The van der Waals surface area contributed by atoms with E-state index in [2.05, 4.69) is 4.84 Å². The van der Waals surface area contributed by atoms with E-state index in [0.29, 0.717) is 12.0 Å². The molecule has 0 unspecified atom stereocenters. The van der Waals surface area contributed by atoms with Crippen LogP contribution < -0.4 is 5.90 Å². The molecule has 0 aliphatic carbocycles. The zero-order valence-corrected chi connectivity index (χ0v) is 5.83. The molecule has 4 nitrogen and oxygen atoms in total. The Morgan fingerprint density at radius 3 is 2.70 bits per heavy atom. The summed E-state index contributed by atoms with van der Waals surface area (Å²) < 4.78 is 0. The van der Waals surface area contributed by atoms with Crippen molar-refractivity contribution in [2.75, 3.05) is 6.61 Å². The third-order valence-corrected chi connectivity index (χ3v) is 1.08. The van der Waals surface area contributed by atoms with Gasteiger partial charge in [-0.1, -0.05) is 6.92 Å². The minimum atomic E-state index is -0.917. The highest BCUT2D eigenvalue weighted by Gasteiger charge is 2.01. The molecule has 0 bridgehead atoms. The van der Waals surface area contributed by atoms with Crippen molar-refractivity contribution < 1.29 is 14.7 Å². The number of carboxylic acid groups (broad SMARTS) is 1.